The number of rotatable bonds is 6. The fourth-order valence-electron chi connectivity index (χ4n) is 1.57. The number of ether oxygens (including phenoxy) is 1. The fraction of sp³-hybridized carbons (Fsp3) is 0.308. The molecule has 19 heavy (non-hydrogen) atoms. The number of methoxy groups -OCH3 is 1. The Morgan fingerprint density at radius 2 is 2.21 bits per heavy atom. The molecule has 0 aliphatic carbocycles. The zero-order valence-corrected chi connectivity index (χ0v) is 11.1. The van der Waals surface area contributed by atoms with E-state index in [-0.39, 0.29) is 0 Å². The van der Waals surface area contributed by atoms with Crippen molar-refractivity contribution in [2.45, 2.75) is 6.92 Å². The van der Waals surface area contributed by atoms with Crippen LogP contribution in [0.25, 0.3) is 0 Å². The number of aromatic nitrogens is 3. The molecule has 0 aliphatic rings. The van der Waals surface area contributed by atoms with Crippen LogP contribution in [-0.2, 0) is 4.74 Å². The number of nitrogens with one attached hydrogen (secondary N) is 2. The summed E-state index contributed by atoms with van der Waals surface area (Å²) in [5, 5.41) is 14.0. The standard InChI is InChI=1S/C13H17N5O/c1-10-4-3-5-11(8-10)16-12-9-15-18-13(17-12)14-6-7-19-2/h3-5,8-9H,6-7H2,1-2H3,(H2,14,16,17,18). The van der Waals surface area contributed by atoms with Gasteiger partial charge in [-0.05, 0) is 24.6 Å². The lowest BCUT2D eigenvalue weighted by Gasteiger charge is -2.07. The van der Waals surface area contributed by atoms with Crippen molar-refractivity contribution in [2.75, 3.05) is 30.9 Å². The number of aryl methyl sites for hydroxylation is 1. The Labute approximate surface area is 112 Å². The van der Waals surface area contributed by atoms with Gasteiger partial charge in [-0.3, -0.25) is 0 Å². The van der Waals surface area contributed by atoms with Gasteiger partial charge in [-0.15, -0.1) is 5.10 Å². The summed E-state index contributed by atoms with van der Waals surface area (Å²) in [7, 11) is 1.65. The van der Waals surface area contributed by atoms with Gasteiger partial charge in [-0.25, -0.2) is 0 Å². The number of anilines is 3. The molecule has 6 nitrogen and oxygen atoms in total. The number of nitrogens with zero attached hydrogens (tertiary/aromatic N) is 3. The molecule has 0 unspecified atom stereocenters. The third kappa shape index (κ3) is 4.18. The summed E-state index contributed by atoms with van der Waals surface area (Å²) < 4.78 is 4.95. The van der Waals surface area contributed by atoms with E-state index in [1.165, 1.54) is 5.56 Å². The van der Waals surface area contributed by atoms with Crippen molar-refractivity contribution < 1.29 is 4.74 Å². The van der Waals surface area contributed by atoms with Crippen LogP contribution < -0.4 is 10.6 Å². The molecule has 0 spiro atoms. The molecule has 0 aliphatic heterocycles. The summed E-state index contributed by atoms with van der Waals surface area (Å²) in [5.74, 6) is 1.13. The van der Waals surface area contributed by atoms with Crippen LogP contribution in [0, 0.1) is 6.92 Å². The van der Waals surface area contributed by atoms with Gasteiger partial charge >= 0.3 is 0 Å². The van der Waals surface area contributed by atoms with Gasteiger partial charge in [0.2, 0.25) is 5.95 Å². The van der Waals surface area contributed by atoms with Crippen molar-refractivity contribution in [3.63, 3.8) is 0 Å². The average Bonchev–Trinajstić information content (AvgIpc) is 2.39. The third-order valence-corrected chi connectivity index (χ3v) is 2.44. The minimum Gasteiger partial charge on any atom is -0.383 e. The largest absolute Gasteiger partial charge is 0.383 e. The van der Waals surface area contributed by atoms with Crippen molar-refractivity contribution in [3.05, 3.63) is 36.0 Å². The molecule has 0 fully saturated rings. The van der Waals surface area contributed by atoms with Gasteiger partial charge in [0.05, 0.1) is 12.8 Å². The lowest BCUT2D eigenvalue weighted by Crippen LogP contribution is -2.11. The number of benzene rings is 1. The highest BCUT2D eigenvalue weighted by Gasteiger charge is 2.00. The Hall–Kier alpha value is -2.21. The quantitative estimate of drug-likeness (QED) is 0.773. The van der Waals surface area contributed by atoms with Crippen LogP contribution in [0.2, 0.25) is 0 Å². The van der Waals surface area contributed by atoms with Crippen LogP contribution in [-0.4, -0.2) is 35.4 Å². The summed E-state index contributed by atoms with van der Waals surface area (Å²) in [6, 6.07) is 8.05. The SMILES string of the molecule is COCCNc1nncc(Nc2cccc(C)c2)n1. The van der Waals surface area contributed by atoms with Gasteiger partial charge in [0, 0.05) is 19.3 Å². The van der Waals surface area contributed by atoms with E-state index >= 15 is 0 Å². The molecule has 2 N–H and O–H groups in total. The van der Waals surface area contributed by atoms with Gasteiger partial charge < -0.3 is 15.4 Å². The van der Waals surface area contributed by atoms with Crippen LogP contribution in [0.5, 0.6) is 0 Å². The van der Waals surface area contributed by atoms with Crippen molar-refractivity contribution in [2.24, 2.45) is 0 Å². The predicted molar refractivity (Wildman–Crippen MR) is 74.7 cm³/mol. The van der Waals surface area contributed by atoms with Gasteiger partial charge in [0.25, 0.3) is 0 Å². The lowest BCUT2D eigenvalue weighted by atomic mass is 10.2. The molecule has 0 radical (unpaired) electrons. The minimum atomic E-state index is 0.481. The van der Waals surface area contributed by atoms with Crippen molar-refractivity contribution in [1.29, 1.82) is 0 Å². The Bertz CT molecular complexity index is 532. The van der Waals surface area contributed by atoms with E-state index < -0.39 is 0 Å². The van der Waals surface area contributed by atoms with E-state index in [9.17, 15) is 0 Å². The Kier molecular flexibility index (Phi) is 4.63. The highest BCUT2D eigenvalue weighted by Crippen LogP contribution is 2.15. The lowest BCUT2D eigenvalue weighted by molar-refractivity contribution is 0.210. The van der Waals surface area contributed by atoms with Gasteiger partial charge in [-0.1, -0.05) is 12.1 Å². The Balaban J connectivity index is 2.02. The summed E-state index contributed by atoms with van der Waals surface area (Å²) in [4.78, 5) is 4.32. The van der Waals surface area contributed by atoms with E-state index in [1.54, 1.807) is 13.3 Å². The second-order valence-electron chi connectivity index (χ2n) is 4.08. The molecule has 2 rings (SSSR count). The smallest absolute Gasteiger partial charge is 0.244 e. The number of hydrogen-bond acceptors (Lipinski definition) is 6. The molecule has 6 heteroatoms. The molecule has 100 valence electrons. The van der Waals surface area contributed by atoms with Gasteiger partial charge in [0.1, 0.15) is 0 Å². The van der Waals surface area contributed by atoms with E-state index in [2.05, 4.69) is 25.8 Å². The molecule has 0 bridgehead atoms. The maximum atomic E-state index is 4.95. The van der Waals surface area contributed by atoms with Crippen LogP contribution in [0.4, 0.5) is 17.5 Å². The molecular formula is C13H17N5O. The molecular weight excluding hydrogens is 242 g/mol. The first-order chi connectivity index (χ1) is 9.28. The van der Waals surface area contributed by atoms with Gasteiger partial charge in [-0.2, -0.15) is 10.1 Å². The second-order valence-corrected chi connectivity index (χ2v) is 4.08. The van der Waals surface area contributed by atoms with E-state index in [0.29, 0.717) is 24.9 Å². The summed E-state index contributed by atoms with van der Waals surface area (Å²) in [6.07, 6.45) is 1.59. The molecule has 1 heterocycles. The van der Waals surface area contributed by atoms with E-state index in [1.807, 2.05) is 31.2 Å². The molecule has 1 aromatic heterocycles. The van der Waals surface area contributed by atoms with E-state index in [0.717, 1.165) is 5.69 Å². The Morgan fingerprint density at radius 1 is 1.32 bits per heavy atom. The normalized spacial score (nSPS) is 10.2. The number of hydrogen-bond donors (Lipinski definition) is 2. The topological polar surface area (TPSA) is 72.0 Å². The summed E-state index contributed by atoms with van der Waals surface area (Å²) in [6.45, 7) is 3.28. The Morgan fingerprint density at radius 3 is 3.00 bits per heavy atom. The highest BCUT2D eigenvalue weighted by atomic mass is 16.5. The van der Waals surface area contributed by atoms with Crippen LogP contribution in [0.1, 0.15) is 5.56 Å². The van der Waals surface area contributed by atoms with Crippen molar-refractivity contribution in [3.8, 4) is 0 Å². The maximum absolute atomic E-state index is 4.95. The zero-order chi connectivity index (χ0) is 13.5. The first-order valence-corrected chi connectivity index (χ1v) is 6.04. The molecule has 0 saturated heterocycles. The van der Waals surface area contributed by atoms with Crippen molar-refractivity contribution >= 4 is 17.5 Å². The van der Waals surface area contributed by atoms with Crippen LogP contribution in [0.15, 0.2) is 30.5 Å². The first-order valence-electron chi connectivity index (χ1n) is 6.04. The molecule has 1 aromatic carbocycles. The molecule has 0 saturated carbocycles. The molecule has 0 amide bonds. The molecule has 0 atom stereocenters. The predicted octanol–water partition coefficient (Wildman–Crippen LogP) is 1.98. The van der Waals surface area contributed by atoms with Crippen molar-refractivity contribution in [1.82, 2.24) is 15.2 Å². The highest BCUT2D eigenvalue weighted by molar-refractivity contribution is 5.56. The van der Waals surface area contributed by atoms with Crippen LogP contribution >= 0.6 is 0 Å². The summed E-state index contributed by atoms with van der Waals surface area (Å²) in [5.41, 5.74) is 2.16. The monoisotopic (exact) mass is 259 g/mol. The fourth-order valence-corrected chi connectivity index (χ4v) is 1.57. The van der Waals surface area contributed by atoms with Crippen LogP contribution in [0.3, 0.4) is 0 Å². The maximum Gasteiger partial charge on any atom is 0.244 e. The molecule has 2 aromatic rings. The second kappa shape index (κ2) is 6.65. The average molecular weight is 259 g/mol. The third-order valence-electron chi connectivity index (χ3n) is 2.44. The minimum absolute atomic E-state index is 0.481. The summed E-state index contributed by atoms with van der Waals surface area (Å²) >= 11 is 0. The van der Waals surface area contributed by atoms with Gasteiger partial charge in [0.15, 0.2) is 5.82 Å². The first kappa shape index (κ1) is 13.2. The zero-order valence-electron chi connectivity index (χ0n) is 11.1. The van der Waals surface area contributed by atoms with E-state index in [4.69, 9.17) is 4.74 Å².